The van der Waals surface area contributed by atoms with E-state index in [4.69, 9.17) is 5.73 Å². The van der Waals surface area contributed by atoms with Crippen molar-refractivity contribution in [3.63, 3.8) is 0 Å². The molecule has 0 bridgehead atoms. The van der Waals surface area contributed by atoms with Crippen LogP contribution < -0.4 is 5.73 Å². The average molecular weight is 304 g/mol. The van der Waals surface area contributed by atoms with Crippen LogP contribution in [0.25, 0.3) is 10.3 Å². The molecule has 2 N–H and O–H groups in total. The quantitative estimate of drug-likeness (QED) is 0.807. The smallest absolute Gasteiger partial charge is 0.266 e. The number of aromatic nitrogens is 2. The Kier molecular flexibility index (Phi) is 3.37. The number of nitrogen functional groups attached to an aromatic ring is 1. The Morgan fingerprint density at radius 2 is 2.20 bits per heavy atom. The first-order valence-corrected chi connectivity index (χ1v) is 7.63. The summed E-state index contributed by atoms with van der Waals surface area (Å²) in [6, 6.07) is 3.98. The monoisotopic (exact) mass is 304 g/mol. The molecule has 3 rings (SSSR count). The molecule has 0 radical (unpaired) electrons. The van der Waals surface area contributed by atoms with E-state index >= 15 is 0 Å². The normalized spacial score (nSPS) is 10.8. The summed E-state index contributed by atoms with van der Waals surface area (Å²) in [5.74, 6) is -0.0966. The fourth-order valence-electron chi connectivity index (χ4n) is 1.88. The molecule has 3 heterocycles. The van der Waals surface area contributed by atoms with E-state index in [9.17, 15) is 4.79 Å². The molecule has 0 spiro atoms. The first-order valence-electron chi connectivity index (χ1n) is 5.93. The lowest BCUT2D eigenvalue weighted by Gasteiger charge is -2.15. The van der Waals surface area contributed by atoms with E-state index in [1.165, 1.54) is 11.3 Å². The molecule has 3 aromatic rings. The molecule has 20 heavy (non-hydrogen) atoms. The van der Waals surface area contributed by atoms with Gasteiger partial charge in [-0.25, -0.2) is 9.97 Å². The number of carbonyl (C=O) groups excluding carboxylic acids is 1. The minimum atomic E-state index is -0.0966. The maximum atomic E-state index is 12.5. The molecule has 0 saturated carbocycles. The minimum Gasteiger partial charge on any atom is -0.396 e. The number of hydrogen-bond acceptors (Lipinski definition) is 6. The lowest BCUT2D eigenvalue weighted by Crippen LogP contribution is -2.25. The zero-order valence-corrected chi connectivity index (χ0v) is 12.4. The second-order valence-corrected chi connectivity index (χ2v) is 6.33. The fourth-order valence-corrected chi connectivity index (χ4v) is 3.66. The molecule has 7 heteroatoms. The van der Waals surface area contributed by atoms with Crippen molar-refractivity contribution in [1.82, 2.24) is 14.9 Å². The Labute approximate surface area is 123 Å². The summed E-state index contributed by atoms with van der Waals surface area (Å²) in [5.41, 5.74) is 7.03. The summed E-state index contributed by atoms with van der Waals surface area (Å²) < 4.78 is 0. The molecule has 102 valence electrons. The first-order chi connectivity index (χ1) is 9.66. The lowest BCUT2D eigenvalue weighted by atomic mass is 10.3. The van der Waals surface area contributed by atoms with Gasteiger partial charge in [-0.1, -0.05) is 6.07 Å². The molecule has 1 amide bonds. The van der Waals surface area contributed by atoms with Gasteiger partial charge in [-0.2, -0.15) is 0 Å². The van der Waals surface area contributed by atoms with E-state index < -0.39 is 0 Å². The predicted octanol–water partition coefficient (Wildman–Crippen LogP) is 2.61. The summed E-state index contributed by atoms with van der Waals surface area (Å²) in [5, 5.41) is 2.00. The van der Waals surface area contributed by atoms with Crippen LogP contribution >= 0.6 is 22.7 Å². The standard InChI is InChI=1S/C13H12N4OS2/c1-17(7-8-3-2-6-19-8)13(18)11-9(14)10-12(20-11)16-5-4-15-10/h2-6H,7,14H2,1H3. The Balaban J connectivity index is 1.90. The number of carbonyl (C=O) groups is 1. The van der Waals surface area contributed by atoms with Crippen LogP contribution in [0.5, 0.6) is 0 Å². The number of thiophene rings is 2. The molecule has 0 aliphatic heterocycles. The highest BCUT2D eigenvalue weighted by molar-refractivity contribution is 7.21. The molecule has 0 aliphatic rings. The summed E-state index contributed by atoms with van der Waals surface area (Å²) in [6.45, 7) is 0.574. The van der Waals surface area contributed by atoms with Crippen molar-refractivity contribution in [2.24, 2.45) is 0 Å². The van der Waals surface area contributed by atoms with Crippen molar-refractivity contribution in [3.8, 4) is 0 Å². The van der Waals surface area contributed by atoms with Crippen molar-refractivity contribution < 1.29 is 4.79 Å². The molecule has 0 saturated heterocycles. The summed E-state index contributed by atoms with van der Waals surface area (Å²) in [4.78, 5) is 24.8. The lowest BCUT2D eigenvalue weighted by molar-refractivity contribution is 0.0792. The number of nitrogens with zero attached hydrogens (tertiary/aromatic N) is 3. The van der Waals surface area contributed by atoms with E-state index in [2.05, 4.69) is 9.97 Å². The second-order valence-electron chi connectivity index (χ2n) is 4.30. The van der Waals surface area contributed by atoms with Gasteiger partial charge in [0.25, 0.3) is 5.91 Å². The third kappa shape index (κ3) is 2.25. The van der Waals surface area contributed by atoms with Crippen molar-refractivity contribution in [1.29, 1.82) is 0 Å². The second kappa shape index (κ2) is 5.18. The molecule has 0 fully saturated rings. The maximum absolute atomic E-state index is 12.5. The minimum absolute atomic E-state index is 0.0966. The van der Waals surface area contributed by atoms with Crippen LogP contribution in [0, 0.1) is 0 Å². The fraction of sp³-hybridized carbons (Fsp3) is 0.154. The van der Waals surface area contributed by atoms with Crippen molar-refractivity contribution in [2.75, 3.05) is 12.8 Å². The third-order valence-electron chi connectivity index (χ3n) is 2.88. The number of nitrogens with two attached hydrogens (primary N) is 1. The number of anilines is 1. The van der Waals surface area contributed by atoms with Crippen molar-refractivity contribution in [3.05, 3.63) is 39.7 Å². The van der Waals surface area contributed by atoms with Crippen molar-refractivity contribution in [2.45, 2.75) is 6.54 Å². The molecular formula is C13H12N4OS2. The van der Waals surface area contributed by atoms with E-state index in [0.717, 1.165) is 4.88 Å². The van der Waals surface area contributed by atoms with Gasteiger partial charge in [-0.05, 0) is 11.4 Å². The molecule has 3 aromatic heterocycles. The highest BCUT2D eigenvalue weighted by Crippen LogP contribution is 2.31. The van der Waals surface area contributed by atoms with Crippen LogP contribution in [0.2, 0.25) is 0 Å². The number of amides is 1. The highest BCUT2D eigenvalue weighted by Gasteiger charge is 2.21. The largest absolute Gasteiger partial charge is 0.396 e. The predicted molar refractivity (Wildman–Crippen MR) is 81.9 cm³/mol. The van der Waals surface area contributed by atoms with Crippen molar-refractivity contribution >= 4 is 44.6 Å². The van der Waals surface area contributed by atoms with Gasteiger partial charge < -0.3 is 10.6 Å². The van der Waals surface area contributed by atoms with Gasteiger partial charge >= 0.3 is 0 Å². The molecule has 5 nitrogen and oxygen atoms in total. The zero-order chi connectivity index (χ0) is 14.1. The average Bonchev–Trinajstić information content (AvgIpc) is 3.07. The Morgan fingerprint density at radius 1 is 1.40 bits per heavy atom. The van der Waals surface area contributed by atoms with E-state index in [1.807, 2.05) is 17.5 Å². The molecule has 0 aromatic carbocycles. The zero-order valence-electron chi connectivity index (χ0n) is 10.7. The van der Waals surface area contributed by atoms with Crippen LogP contribution in [0.1, 0.15) is 14.5 Å². The summed E-state index contributed by atoms with van der Waals surface area (Å²) in [7, 11) is 1.77. The molecule has 0 atom stereocenters. The molecular weight excluding hydrogens is 292 g/mol. The van der Waals surface area contributed by atoms with Gasteiger partial charge in [0.15, 0.2) is 0 Å². The number of fused-ring (bicyclic) bond motifs is 1. The van der Waals surface area contributed by atoms with Crippen LogP contribution in [0.4, 0.5) is 5.69 Å². The summed E-state index contributed by atoms with van der Waals surface area (Å²) in [6.07, 6.45) is 3.18. The van der Waals surface area contributed by atoms with Gasteiger partial charge in [-0.15, -0.1) is 22.7 Å². The van der Waals surface area contributed by atoms with Gasteiger partial charge in [0.2, 0.25) is 0 Å². The van der Waals surface area contributed by atoms with Gasteiger partial charge in [-0.3, -0.25) is 4.79 Å². The highest BCUT2D eigenvalue weighted by atomic mass is 32.1. The topological polar surface area (TPSA) is 72.1 Å². The Morgan fingerprint density at radius 3 is 2.90 bits per heavy atom. The Hall–Kier alpha value is -1.99. The van der Waals surface area contributed by atoms with Crippen LogP contribution in [0.15, 0.2) is 29.9 Å². The molecule has 0 unspecified atom stereocenters. The number of rotatable bonds is 3. The van der Waals surface area contributed by atoms with Crippen LogP contribution in [-0.4, -0.2) is 27.8 Å². The summed E-state index contributed by atoms with van der Waals surface area (Å²) >= 11 is 2.91. The first kappa shape index (κ1) is 13.0. The number of hydrogen-bond donors (Lipinski definition) is 1. The third-order valence-corrected chi connectivity index (χ3v) is 4.83. The maximum Gasteiger partial charge on any atom is 0.266 e. The van der Waals surface area contributed by atoms with E-state index in [-0.39, 0.29) is 5.91 Å². The van der Waals surface area contributed by atoms with Crippen LogP contribution in [0.3, 0.4) is 0 Å². The van der Waals surface area contributed by atoms with E-state index in [1.54, 1.807) is 35.7 Å². The van der Waals surface area contributed by atoms with Gasteiger partial charge in [0.1, 0.15) is 15.2 Å². The van der Waals surface area contributed by atoms with Gasteiger partial charge in [0, 0.05) is 24.3 Å². The SMILES string of the molecule is CN(Cc1cccs1)C(=O)c1sc2nccnc2c1N. The van der Waals surface area contributed by atoms with Gasteiger partial charge in [0.05, 0.1) is 12.2 Å². The van der Waals surface area contributed by atoms with Crippen LogP contribution in [-0.2, 0) is 6.54 Å². The van der Waals surface area contributed by atoms with E-state index in [0.29, 0.717) is 27.5 Å². The molecule has 0 aliphatic carbocycles. The Bertz CT molecular complexity index is 751.